The third-order valence-corrected chi connectivity index (χ3v) is 4.81. The fourth-order valence-corrected chi connectivity index (χ4v) is 3.50. The molecule has 0 heterocycles. The molecule has 3 rings (SSSR count). The minimum Gasteiger partial charge on any atom is -0.403 e. The maximum atomic E-state index is 13.9. The Kier molecular flexibility index (Phi) is 5.35. The van der Waals surface area contributed by atoms with E-state index in [0.717, 1.165) is 49.8 Å². The van der Waals surface area contributed by atoms with Crippen LogP contribution in [0.5, 0.6) is 5.75 Å². The third kappa shape index (κ3) is 4.45. The van der Waals surface area contributed by atoms with Gasteiger partial charge in [0.15, 0.2) is 11.6 Å². The predicted octanol–water partition coefficient (Wildman–Crippen LogP) is 6.46. The Morgan fingerprint density at radius 1 is 1.08 bits per heavy atom. The summed E-state index contributed by atoms with van der Waals surface area (Å²) in [5, 5.41) is 0. The molecule has 138 valence electrons. The first-order chi connectivity index (χ1) is 12.4. The van der Waals surface area contributed by atoms with E-state index in [1.54, 1.807) is 0 Å². The van der Waals surface area contributed by atoms with Gasteiger partial charge in [-0.3, -0.25) is 0 Å². The van der Waals surface area contributed by atoms with Gasteiger partial charge in [-0.25, -0.2) is 4.39 Å². The molecule has 5 heteroatoms. The fourth-order valence-electron chi connectivity index (χ4n) is 3.50. The maximum absolute atomic E-state index is 13.9. The number of hydrogen-bond acceptors (Lipinski definition) is 1. The van der Waals surface area contributed by atoms with Gasteiger partial charge >= 0.3 is 6.36 Å². The fraction of sp³-hybridized carbons (Fsp3) is 0.333. The number of hydrogen-bond donors (Lipinski definition) is 0. The average Bonchev–Trinajstić information content (AvgIpc) is 2.60. The van der Waals surface area contributed by atoms with E-state index in [-0.39, 0.29) is 0 Å². The molecule has 2 aromatic carbocycles. The monoisotopic (exact) mass is 364 g/mol. The van der Waals surface area contributed by atoms with Crippen LogP contribution < -0.4 is 4.74 Å². The molecular weight excluding hydrogens is 344 g/mol. The van der Waals surface area contributed by atoms with Crippen molar-refractivity contribution < 1.29 is 22.3 Å². The lowest BCUT2D eigenvalue weighted by molar-refractivity contribution is -0.275. The van der Waals surface area contributed by atoms with Gasteiger partial charge in [-0.2, -0.15) is 0 Å². The van der Waals surface area contributed by atoms with Crippen molar-refractivity contribution in [3.63, 3.8) is 0 Å². The topological polar surface area (TPSA) is 9.23 Å². The van der Waals surface area contributed by atoms with Gasteiger partial charge < -0.3 is 4.74 Å². The van der Waals surface area contributed by atoms with Gasteiger partial charge in [0.1, 0.15) is 0 Å². The lowest BCUT2D eigenvalue weighted by Crippen LogP contribution is -2.17. The van der Waals surface area contributed by atoms with Crippen molar-refractivity contribution in [3.8, 4) is 16.9 Å². The number of halogens is 4. The first kappa shape index (κ1) is 18.5. The summed E-state index contributed by atoms with van der Waals surface area (Å²) in [6.07, 6.45) is 2.28. The van der Waals surface area contributed by atoms with Gasteiger partial charge in [0.05, 0.1) is 0 Å². The lowest BCUT2D eigenvalue weighted by atomic mass is 9.80. The maximum Gasteiger partial charge on any atom is 0.573 e. The minimum absolute atomic E-state index is 0.536. The smallest absolute Gasteiger partial charge is 0.403 e. The van der Waals surface area contributed by atoms with Crippen LogP contribution in [0.25, 0.3) is 11.1 Å². The Morgan fingerprint density at radius 3 is 2.50 bits per heavy atom. The van der Waals surface area contributed by atoms with Crippen LogP contribution >= 0.6 is 0 Å². The second-order valence-corrected chi connectivity index (χ2v) is 6.65. The summed E-state index contributed by atoms with van der Waals surface area (Å²) in [6.45, 7) is 3.77. The SMILES string of the molecule is C=CCCC1CCc2cc(-c3ccc(OC(F)(F)F)c(F)c3)ccc2C1. The van der Waals surface area contributed by atoms with Crippen LogP contribution in [0.4, 0.5) is 17.6 Å². The van der Waals surface area contributed by atoms with Gasteiger partial charge in [0.25, 0.3) is 0 Å². The third-order valence-electron chi connectivity index (χ3n) is 4.81. The first-order valence-corrected chi connectivity index (χ1v) is 8.64. The van der Waals surface area contributed by atoms with E-state index in [0.29, 0.717) is 11.5 Å². The summed E-state index contributed by atoms with van der Waals surface area (Å²) in [5.74, 6) is -1.19. The second kappa shape index (κ2) is 7.52. The predicted molar refractivity (Wildman–Crippen MR) is 93.5 cm³/mol. The summed E-state index contributed by atoms with van der Waals surface area (Å²) >= 11 is 0. The first-order valence-electron chi connectivity index (χ1n) is 8.64. The summed E-state index contributed by atoms with van der Waals surface area (Å²) in [4.78, 5) is 0. The molecule has 1 nitrogen and oxygen atoms in total. The number of fused-ring (bicyclic) bond motifs is 1. The molecule has 1 unspecified atom stereocenters. The molecule has 26 heavy (non-hydrogen) atoms. The average molecular weight is 364 g/mol. The highest BCUT2D eigenvalue weighted by Crippen LogP contribution is 2.33. The van der Waals surface area contributed by atoms with E-state index in [4.69, 9.17) is 0 Å². The van der Waals surface area contributed by atoms with Gasteiger partial charge in [0, 0.05) is 0 Å². The molecule has 0 bridgehead atoms. The molecule has 0 saturated carbocycles. The Bertz CT molecular complexity index is 795. The number of alkyl halides is 3. The standard InChI is InChI=1S/C21H20F4O/c1-2-3-4-14-5-6-16-12-17(8-7-15(16)11-14)18-9-10-20(19(22)13-18)26-21(23,24)25/h2,7-10,12-14H,1,3-6,11H2. The molecule has 2 aromatic rings. The number of aryl methyl sites for hydroxylation is 1. The highest BCUT2D eigenvalue weighted by molar-refractivity contribution is 5.66. The van der Waals surface area contributed by atoms with Gasteiger partial charge in [-0.05, 0) is 72.4 Å². The molecule has 0 saturated heterocycles. The van der Waals surface area contributed by atoms with E-state index >= 15 is 0 Å². The molecule has 1 atom stereocenters. The van der Waals surface area contributed by atoms with Crippen molar-refractivity contribution in [2.45, 2.75) is 38.5 Å². The Hall–Kier alpha value is -2.30. The molecule has 0 fully saturated rings. The summed E-state index contributed by atoms with van der Waals surface area (Å²) in [6, 6.07) is 9.50. The highest BCUT2D eigenvalue weighted by Gasteiger charge is 2.32. The number of benzene rings is 2. The van der Waals surface area contributed by atoms with Crippen LogP contribution in [0.2, 0.25) is 0 Å². The lowest BCUT2D eigenvalue weighted by Gasteiger charge is -2.25. The molecule has 0 spiro atoms. The van der Waals surface area contributed by atoms with Crippen molar-refractivity contribution in [3.05, 3.63) is 66.0 Å². The number of rotatable bonds is 5. The van der Waals surface area contributed by atoms with Crippen molar-refractivity contribution in [1.82, 2.24) is 0 Å². The molecule has 0 radical (unpaired) electrons. The van der Waals surface area contributed by atoms with Crippen LogP contribution in [0.15, 0.2) is 49.1 Å². The van der Waals surface area contributed by atoms with Crippen LogP contribution in [0.1, 0.15) is 30.4 Å². The molecule has 0 aromatic heterocycles. The Morgan fingerprint density at radius 2 is 1.81 bits per heavy atom. The minimum atomic E-state index is -4.91. The molecule has 1 aliphatic rings. The quantitative estimate of drug-likeness (QED) is 0.437. The highest BCUT2D eigenvalue weighted by atomic mass is 19.4. The van der Waals surface area contributed by atoms with Gasteiger partial charge in [-0.15, -0.1) is 19.8 Å². The van der Waals surface area contributed by atoms with Crippen LogP contribution in [-0.4, -0.2) is 6.36 Å². The van der Waals surface area contributed by atoms with Gasteiger partial charge in [-0.1, -0.05) is 30.3 Å². The summed E-state index contributed by atoms with van der Waals surface area (Å²) < 4.78 is 54.4. The zero-order valence-electron chi connectivity index (χ0n) is 14.3. The Balaban J connectivity index is 1.79. The molecule has 0 aliphatic heterocycles. The van der Waals surface area contributed by atoms with Crippen molar-refractivity contribution in [2.24, 2.45) is 5.92 Å². The van der Waals surface area contributed by atoms with Crippen molar-refractivity contribution in [2.75, 3.05) is 0 Å². The number of ether oxygens (including phenoxy) is 1. The Labute approximate surface area is 150 Å². The van der Waals surface area contributed by atoms with Gasteiger partial charge in [0.2, 0.25) is 0 Å². The van der Waals surface area contributed by atoms with E-state index in [1.165, 1.54) is 17.2 Å². The van der Waals surface area contributed by atoms with E-state index in [2.05, 4.69) is 11.3 Å². The molecule has 0 N–H and O–H groups in total. The number of allylic oxidation sites excluding steroid dienone is 1. The van der Waals surface area contributed by atoms with Crippen LogP contribution in [-0.2, 0) is 12.8 Å². The molecule has 1 aliphatic carbocycles. The van der Waals surface area contributed by atoms with Crippen molar-refractivity contribution >= 4 is 0 Å². The van der Waals surface area contributed by atoms with E-state index in [9.17, 15) is 17.6 Å². The molecular formula is C21H20F4O. The van der Waals surface area contributed by atoms with E-state index in [1.807, 2.05) is 24.3 Å². The largest absolute Gasteiger partial charge is 0.573 e. The zero-order valence-corrected chi connectivity index (χ0v) is 14.3. The summed E-state index contributed by atoms with van der Waals surface area (Å²) in [5.41, 5.74) is 3.86. The zero-order chi connectivity index (χ0) is 18.7. The van der Waals surface area contributed by atoms with Crippen molar-refractivity contribution in [1.29, 1.82) is 0 Å². The molecule has 0 amide bonds. The summed E-state index contributed by atoms with van der Waals surface area (Å²) in [7, 11) is 0. The normalized spacial score (nSPS) is 16.8. The second-order valence-electron chi connectivity index (χ2n) is 6.65. The van der Waals surface area contributed by atoms with E-state index < -0.39 is 17.9 Å². The van der Waals surface area contributed by atoms with Crippen LogP contribution in [0, 0.1) is 11.7 Å². The van der Waals surface area contributed by atoms with Crippen LogP contribution in [0.3, 0.4) is 0 Å².